The first-order valence-electron chi connectivity index (χ1n) is 12.4. The number of carbonyl (C=O) groups is 2. The van der Waals surface area contributed by atoms with E-state index in [9.17, 15) is 18.0 Å². The Morgan fingerprint density at radius 1 is 0.872 bits per heavy atom. The van der Waals surface area contributed by atoms with Crippen LogP contribution in [-0.2, 0) is 26.2 Å². The number of carbonyl (C=O) groups excluding carboxylic acids is 2. The molecule has 2 amide bonds. The van der Waals surface area contributed by atoms with E-state index in [2.05, 4.69) is 5.32 Å². The molecule has 0 bridgehead atoms. The van der Waals surface area contributed by atoms with Gasteiger partial charge >= 0.3 is 0 Å². The van der Waals surface area contributed by atoms with E-state index in [0.717, 1.165) is 10.7 Å². The first-order valence-corrected chi connectivity index (χ1v) is 15.0. The molecule has 0 aromatic heterocycles. The average molecular weight is 611 g/mol. The lowest BCUT2D eigenvalue weighted by Gasteiger charge is -2.33. The fourth-order valence-electron chi connectivity index (χ4n) is 3.98. The molecule has 208 valence electrons. The highest BCUT2D eigenvalue weighted by atomic mass is 35.5. The first-order chi connectivity index (χ1) is 18.6. The van der Waals surface area contributed by atoms with Gasteiger partial charge < -0.3 is 10.2 Å². The number of nitrogens with zero attached hydrogens (tertiary/aromatic N) is 2. The van der Waals surface area contributed by atoms with Gasteiger partial charge in [-0.05, 0) is 54.8 Å². The molecule has 3 aromatic rings. The van der Waals surface area contributed by atoms with Crippen molar-refractivity contribution in [3.63, 3.8) is 0 Å². The standard InChI is InChI=1S/C28H30Cl3N3O4S/c1-3-16-32-28(36)26(4-2)33(18-20-10-8-9-13-23(20)29)27(35)19-34(21-14-15-24(30)25(31)17-21)39(37,38)22-11-6-5-7-12-22/h5-15,17,26H,3-4,16,18-19H2,1-2H3,(H,32,36)/t26-/m1/s1. The lowest BCUT2D eigenvalue weighted by molar-refractivity contribution is -0.140. The van der Waals surface area contributed by atoms with E-state index in [-0.39, 0.29) is 33.1 Å². The predicted molar refractivity (Wildman–Crippen MR) is 157 cm³/mol. The third-order valence-electron chi connectivity index (χ3n) is 6.03. The summed E-state index contributed by atoms with van der Waals surface area (Å²) in [6.07, 6.45) is 1.03. The number of halogens is 3. The van der Waals surface area contributed by atoms with Crippen molar-refractivity contribution < 1.29 is 18.0 Å². The van der Waals surface area contributed by atoms with Crippen LogP contribution in [0.2, 0.25) is 15.1 Å². The van der Waals surface area contributed by atoms with E-state index >= 15 is 0 Å². The zero-order valence-corrected chi connectivity index (χ0v) is 24.7. The van der Waals surface area contributed by atoms with Crippen LogP contribution in [0.15, 0.2) is 77.7 Å². The van der Waals surface area contributed by atoms with Crippen LogP contribution in [-0.4, -0.2) is 44.3 Å². The molecular weight excluding hydrogens is 581 g/mol. The van der Waals surface area contributed by atoms with Gasteiger partial charge in [-0.15, -0.1) is 0 Å². The Hall–Kier alpha value is -2.78. The van der Waals surface area contributed by atoms with E-state index in [1.54, 1.807) is 49.4 Å². The number of hydrogen-bond acceptors (Lipinski definition) is 4. The Bertz CT molecular complexity index is 1400. The smallest absolute Gasteiger partial charge is 0.264 e. The van der Waals surface area contributed by atoms with Crippen molar-refractivity contribution >= 4 is 62.3 Å². The molecule has 0 aliphatic heterocycles. The second-order valence-electron chi connectivity index (χ2n) is 8.75. The van der Waals surface area contributed by atoms with E-state index < -0.39 is 28.5 Å². The molecule has 0 unspecified atom stereocenters. The summed E-state index contributed by atoms with van der Waals surface area (Å²) >= 11 is 18.7. The maximum Gasteiger partial charge on any atom is 0.264 e. The Labute approximate surface area is 244 Å². The number of sulfonamides is 1. The molecule has 7 nitrogen and oxygen atoms in total. The molecule has 3 rings (SSSR count). The van der Waals surface area contributed by atoms with Crippen LogP contribution < -0.4 is 9.62 Å². The number of benzene rings is 3. The topological polar surface area (TPSA) is 86.8 Å². The van der Waals surface area contributed by atoms with Crippen molar-refractivity contribution in [3.05, 3.63) is 93.4 Å². The molecular formula is C28H30Cl3N3O4S. The van der Waals surface area contributed by atoms with E-state index in [1.165, 1.54) is 35.2 Å². The predicted octanol–water partition coefficient (Wildman–Crippen LogP) is 6.18. The molecule has 0 aliphatic carbocycles. The van der Waals surface area contributed by atoms with Crippen LogP contribution >= 0.6 is 34.8 Å². The van der Waals surface area contributed by atoms with Crippen LogP contribution in [0.5, 0.6) is 0 Å². The molecule has 0 radical (unpaired) electrons. The fourth-order valence-corrected chi connectivity index (χ4v) is 5.90. The number of anilines is 1. The van der Waals surface area contributed by atoms with Crippen molar-refractivity contribution in [2.75, 3.05) is 17.4 Å². The summed E-state index contributed by atoms with van der Waals surface area (Å²) in [7, 11) is -4.20. The summed E-state index contributed by atoms with van der Waals surface area (Å²) in [4.78, 5) is 28.5. The van der Waals surface area contributed by atoms with Crippen LogP contribution in [0.25, 0.3) is 0 Å². The van der Waals surface area contributed by atoms with Gasteiger partial charge in [-0.25, -0.2) is 8.42 Å². The molecule has 0 aliphatic rings. The van der Waals surface area contributed by atoms with Gasteiger partial charge in [0, 0.05) is 18.1 Å². The number of hydrogen-bond donors (Lipinski definition) is 1. The van der Waals surface area contributed by atoms with E-state index in [0.29, 0.717) is 23.6 Å². The normalized spacial score (nSPS) is 12.0. The molecule has 0 saturated carbocycles. The van der Waals surface area contributed by atoms with Crippen LogP contribution in [0.3, 0.4) is 0 Å². The summed E-state index contributed by atoms with van der Waals surface area (Å²) in [5.74, 6) is -0.911. The van der Waals surface area contributed by atoms with E-state index in [1.807, 2.05) is 6.92 Å². The third kappa shape index (κ3) is 7.66. The largest absolute Gasteiger partial charge is 0.354 e. The Morgan fingerprint density at radius 2 is 1.54 bits per heavy atom. The number of rotatable bonds is 12. The molecule has 3 aromatic carbocycles. The Morgan fingerprint density at radius 3 is 2.15 bits per heavy atom. The molecule has 39 heavy (non-hydrogen) atoms. The second-order valence-corrected chi connectivity index (χ2v) is 11.8. The van der Waals surface area contributed by atoms with Gasteiger partial charge in [0.2, 0.25) is 11.8 Å². The quantitative estimate of drug-likeness (QED) is 0.266. The molecule has 1 atom stereocenters. The minimum Gasteiger partial charge on any atom is -0.354 e. The van der Waals surface area contributed by atoms with Crippen molar-refractivity contribution in [2.24, 2.45) is 0 Å². The highest BCUT2D eigenvalue weighted by Gasteiger charge is 2.34. The zero-order valence-electron chi connectivity index (χ0n) is 21.6. The van der Waals surface area contributed by atoms with Gasteiger partial charge in [0.15, 0.2) is 0 Å². The minimum atomic E-state index is -4.20. The summed E-state index contributed by atoms with van der Waals surface area (Å²) in [5.41, 5.74) is 0.782. The molecule has 0 fully saturated rings. The number of nitrogens with one attached hydrogen (secondary N) is 1. The van der Waals surface area contributed by atoms with Gasteiger partial charge in [-0.1, -0.05) is 85.0 Å². The van der Waals surface area contributed by atoms with Gasteiger partial charge in [0.25, 0.3) is 10.0 Å². The van der Waals surface area contributed by atoms with Crippen molar-refractivity contribution in [1.29, 1.82) is 0 Å². The van der Waals surface area contributed by atoms with Crippen molar-refractivity contribution in [3.8, 4) is 0 Å². The summed E-state index contributed by atoms with van der Waals surface area (Å²) in [6.45, 7) is 3.59. The Kier molecular flexibility index (Phi) is 11.1. The molecule has 1 N–H and O–H groups in total. The van der Waals surface area contributed by atoms with Gasteiger partial charge in [-0.2, -0.15) is 0 Å². The fraction of sp³-hybridized carbons (Fsp3) is 0.286. The lowest BCUT2D eigenvalue weighted by Crippen LogP contribution is -2.52. The second kappa shape index (κ2) is 14.0. The van der Waals surface area contributed by atoms with Gasteiger partial charge in [0.05, 0.1) is 20.6 Å². The van der Waals surface area contributed by atoms with Crippen LogP contribution in [0, 0.1) is 0 Å². The van der Waals surface area contributed by atoms with E-state index in [4.69, 9.17) is 34.8 Å². The molecule has 11 heteroatoms. The SMILES string of the molecule is CCCNC(=O)[C@@H](CC)N(Cc1ccccc1Cl)C(=O)CN(c1ccc(Cl)c(Cl)c1)S(=O)(=O)c1ccccc1. The monoisotopic (exact) mass is 609 g/mol. The summed E-state index contributed by atoms with van der Waals surface area (Å²) < 4.78 is 28.6. The maximum absolute atomic E-state index is 14.0. The molecule has 0 heterocycles. The highest BCUT2D eigenvalue weighted by molar-refractivity contribution is 7.92. The highest BCUT2D eigenvalue weighted by Crippen LogP contribution is 2.31. The van der Waals surface area contributed by atoms with Crippen LogP contribution in [0.4, 0.5) is 5.69 Å². The van der Waals surface area contributed by atoms with Crippen molar-refractivity contribution in [1.82, 2.24) is 10.2 Å². The summed E-state index contributed by atoms with van der Waals surface area (Å²) in [6, 6.07) is 18.3. The molecule has 0 spiro atoms. The zero-order chi connectivity index (χ0) is 28.6. The summed E-state index contributed by atoms with van der Waals surface area (Å²) in [5, 5.41) is 3.64. The third-order valence-corrected chi connectivity index (χ3v) is 8.93. The van der Waals surface area contributed by atoms with Gasteiger partial charge in [0.1, 0.15) is 12.6 Å². The average Bonchev–Trinajstić information content (AvgIpc) is 2.93. The number of amides is 2. The first kappa shape index (κ1) is 30.8. The maximum atomic E-state index is 14.0. The molecule has 0 saturated heterocycles. The lowest BCUT2D eigenvalue weighted by atomic mass is 10.1. The van der Waals surface area contributed by atoms with Crippen molar-refractivity contribution in [2.45, 2.75) is 44.2 Å². The Balaban J connectivity index is 2.07. The van der Waals surface area contributed by atoms with Gasteiger partial charge in [-0.3, -0.25) is 13.9 Å². The van der Waals surface area contributed by atoms with Crippen LogP contribution in [0.1, 0.15) is 32.3 Å². The minimum absolute atomic E-state index is 0.00532.